The second kappa shape index (κ2) is 5.73. The smallest absolute Gasteiger partial charge is 0.260 e. The van der Waals surface area contributed by atoms with E-state index in [0.717, 1.165) is 25.8 Å². The van der Waals surface area contributed by atoms with Crippen molar-refractivity contribution < 1.29 is 14.3 Å². The number of amides is 2. The molecule has 21 heavy (non-hydrogen) atoms. The second-order valence-corrected chi connectivity index (χ2v) is 5.43. The summed E-state index contributed by atoms with van der Waals surface area (Å²) in [5.74, 6) is -0.0488. The van der Waals surface area contributed by atoms with Crippen molar-refractivity contribution in [3.05, 3.63) is 24.3 Å². The molecule has 1 aromatic rings. The first-order valence-electron chi connectivity index (χ1n) is 7.26. The third kappa shape index (κ3) is 2.71. The fourth-order valence-electron chi connectivity index (χ4n) is 2.84. The molecular weight excluding hydrogens is 270 g/mol. The molecule has 1 saturated heterocycles. The van der Waals surface area contributed by atoms with Crippen LogP contribution in [-0.4, -0.2) is 37.0 Å². The summed E-state index contributed by atoms with van der Waals surface area (Å²) in [4.78, 5) is 25.8. The molecule has 1 fully saturated rings. The Bertz CT molecular complexity index is 555. The highest BCUT2D eigenvalue weighted by atomic mass is 16.5. The quantitative estimate of drug-likeness (QED) is 0.826. The predicted octanol–water partition coefficient (Wildman–Crippen LogP) is 0.408. The van der Waals surface area contributed by atoms with Gasteiger partial charge in [-0.15, -0.1) is 0 Å². The first-order chi connectivity index (χ1) is 10.2. The van der Waals surface area contributed by atoms with Gasteiger partial charge in [-0.25, -0.2) is 0 Å². The van der Waals surface area contributed by atoms with Crippen molar-refractivity contribution in [2.45, 2.75) is 31.4 Å². The maximum Gasteiger partial charge on any atom is 0.260 e. The van der Waals surface area contributed by atoms with Gasteiger partial charge < -0.3 is 20.7 Å². The Hall–Kier alpha value is -2.08. The van der Waals surface area contributed by atoms with Gasteiger partial charge >= 0.3 is 0 Å². The van der Waals surface area contributed by atoms with Gasteiger partial charge in [0.05, 0.1) is 18.3 Å². The van der Waals surface area contributed by atoms with Crippen LogP contribution in [-0.2, 0) is 9.59 Å². The van der Waals surface area contributed by atoms with E-state index in [0.29, 0.717) is 11.4 Å². The maximum absolute atomic E-state index is 12.7. The van der Waals surface area contributed by atoms with E-state index in [1.165, 1.54) is 0 Å². The molecule has 0 aliphatic carbocycles. The summed E-state index contributed by atoms with van der Waals surface area (Å²) in [5, 5.41) is 3.24. The number of benzene rings is 1. The number of para-hydroxylation sites is 2. The van der Waals surface area contributed by atoms with Gasteiger partial charge in [-0.05, 0) is 31.5 Å². The number of nitrogens with zero attached hydrogens (tertiary/aromatic N) is 1. The Balaban J connectivity index is 1.88. The molecule has 1 unspecified atom stereocenters. The summed E-state index contributed by atoms with van der Waals surface area (Å²) in [6, 6.07) is 7.04. The fourth-order valence-corrected chi connectivity index (χ4v) is 2.84. The topological polar surface area (TPSA) is 84.7 Å². The second-order valence-electron chi connectivity index (χ2n) is 5.43. The van der Waals surface area contributed by atoms with Crippen molar-refractivity contribution in [3.8, 4) is 5.75 Å². The van der Waals surface area contributed by atoms with Crippen LogP contribution >= 0.6 is 0 Å². The molecule has 1 aromatic carbocycles. The van der Waals surface area contributed by atoms with Crippen LogP contribution in [0.25, 0.3) is 0 Å². The van der Waals surface area contributed by atoms with E-state index < -0.39 is 12.0 Å². The summed E-state index contributed by atoms with van der Waals surface area (Å²) in [5.41, 5.74) is 6.05. The number of ether oxygens (including phenoxy) is 1. The SMILES string of the molecule is NC(=O)C1CN(C(=O)[C@H]2CCCCN2)c2ccccc2O1. The van der Waals surface area contributed by atoms with Gasteiger partial charge in [0.1, 0.15) is 5.75 Å². The molecule has 6 heteroatoms. The number of carbonyl (C=O) groups excluding carboxylic acids is 2. The van der Waals surface area contributed by atoms with Crippen LogP contribution in [0.15, 0.2) is 24.3 Å². The minimum Gasteiger partial charge on any atom is -0.477 e. The highest BCUT2D eigenvalue weighted by Crippen LogP contribution is 2.33. The number of nitrogens with one attached hydrogen (secondary N) is 1. The Labute approximate surface area is 123 Å². The van der Waals surface area contributed by atoms with Crippen LogP contribution in [0.5, 0.6) is 5.75 Å². The summed E-state index contributed by atoms with van der Waals surface area (Å²) in [6.07, 6.45) is 2.15. The van der Waals surface area contributed by atoms with Crippen LogP contribution in [0.2, 0.25) is 0 Å². The number of fused-ring (bicyclic) bond motifs is 1. The summed E-state index contributed by atoms with van der Waals surface area (Å²) in [7, 11) is 0. The lowest BCUT2D eigenvalue weighted by Gasteiger charge is -2.36. The van der Waals surface area contributed by atoms with Gasteiger partial charge in [0.2, 0.25) is 5.91 Å². The molecule has 2 aliphatic rings. The molecule has 2 aliphatic heterocycles. The highest BCUT2D eigenvalue weighted by molar-refractivity contribution is 6.00. The zero-order valence-electron chi connectivity index (χ0n) is 11.7. The van der Waals surface area contributed by atoms with Gasteiger partial charge in [-0.3, -0.25) is 9.59 Å². The summed E-state index contributed by atoms with van der Waals surface area (Å²) < 4.78 is 5.57. The largest absolute Gasteiger partial charge is 0.477 e. The van der Waals surface area contributed by atoms with Crippen LogP contribution in [0.3, 0.4) is 0 Å². The van der Waals surface area contributed by atoms with E-state index >= 15 is 0 Å². The Kier molecular flexibility index (Phi) is 3.79. The monoisotopic (exact) mass is 289 g/mol. The van der Waals surface area contributed by atoms with E-state index in [2.05, 4.69) is 5.32 Å². The van der Waals surface area contributed by atoms with Crippen molar-refractivity contribution >= 4 is 17.5 Å². The molecule has 2 heterocycles. The van der Waals surface area contributed by atoms with E-state index in [9.17, 15) is 9.59 Å². The van der Waals surface area contributed by atoms with Gasteiger partial charge in [0.15, 0.2) is 6.10 Å². The van der Waals surface area contributed by atoms with Crippen LogP contribution in [0.1, 0.15) is 19.3 Å². The third-order valence-electron chi connectivity index (χ3n) is 3.97. The van der Waals surface area contributed by atoms with Crippen LogP contribution in [0, 0.1) is 0 Å². The van der Waals surface area contributed by atoms with Crippen molar-refractivity contribution in [1.29, 1.82) is 0 Å². The normalized spacial score (nSPS) is 24.9. The molecule has 0 radical (unpaired) electrons. The first-order valence-corrected chi connectivity index (χ1v) is 7.26. The van der Waals surface area contributed by atoms with Crippen LogP contribution in [0.4, 0.5) is 5.69 Å². The number of carbonyl (C=O) groups is 2. The number of hydrogen-bond acceptors (Lipinski definition) is 4. The molecule has 3 rings (SSSR count). The van der Waals surface area contributed by atoms with E-state index in [1.54, 1.807) is 11.0 Å². The van der Waals surface area contributed by atoms with Gasteiger partial charge in [-0.2, -0.15) is 0 Å². The molecule has 2 amide bonds. The molecule has 3 N–H and O–H groups in total. The third-order valence-corrected chi connectivity index (χ3v) is 3.97. The number of rotatable bonds is 2. The molecule has 0 spiro atoms. The summed E-state index contributed by atoms with van der Waals surface area (Å²) >= 11 is 0. The number of hydrogen-bond donors (Lipinski definition) is 2. The van der Waals surface area contributed by atoms with Gasteiger partial charge in [0.25, 0.3) is 5.91 Å². The molecule has 0 saturated carbocycles. The Morgan fingerprint density at radius 2 is 2.10 bits per heavy atom. The minimum atomic E-state index is -0.799. The van der Waals surface area contributed by atoms with Crippen LogP contribution < -0.4 is 20.7 Å². The standard InChI is InChI=1S/C15H19N3O3/c16-14(19)13-9-18(11-6-1-2-7-12(11)21-13)15(20)10-5-3-4-8-17-10/h1-2,6-7,10,13,17H,3-5,8-9H2,(H2,16,19)/t10-,13?/m1/s1. The maximum atomic E-state index is 12.7. The Morgan fingerprint density at radius 3 is 2.81 bits per heavy atom. The minimum absolute atomic E-state index is 0.0169. The van der Waals surface area contributed by atoms with E-state index in [-0.39, 0.29) is 18.5 Å². The molecule has 0 bridgehead atoms. The molecular formula is C15H19N3O3. The molecule has 2 atom stereocenters. The average Bonchev–Trinajstić information content (AvgIpc) is 2.54. The van der Waals surface area contributed by atoms with Crippen molar-refractivity contribution in [1.82, 2.24) is 5.32 Å². The number of nitrogens with two attached hydrogens (primary N) is 1. The lowest BCUT2D eigenvalue weighted by atomic mass is 10.0. The lowest BCUT2D eigenvalue weighted by molar-refractivity contribution is -0.125. The highest BCUT2D eigenvalue weighted by Gasteiger charge is 2.35. The zero-order chi connectivity index (χ0) is 14.8. The lowest BCUT2D eigenvalue weighted by Crippen LogP contribution is -2.55. The van der Waals surface area contributed by atoms with E-state index in [1.807, 2.05) is 18.2 Å². The van der Waals surface area contributed by atoms with Crippen molar-refractivity contribution in [2.75, 3.05) is 18.0 Å². The fraction of sp³-hybridized carbons (Fsp3) is 0.467. The average molecular weight is 289 g/mol. The van der Waals surface area contributed by atoms with Gasteiger partial charge in [-0.1, -0.05) is 18.6 Å². The van der Waals surface area contributed by atoms with Crippen molar-refractivity contribution in [3.63, 3.8) is 0 Å². The summed E-state index contributed by atoms with van der Waals surface area (Å²) in [6.45, 7) is 1.02. The number of anilines is 1. The Morgan fingerprint density at radius 1 is 1.29 bits per heavy atom. The first kappa shape index (κ1) is 13.9. The predicted molar refractivity (Wildman–Crippen MR) is 78.0 cm³/mol. The molecule has 6 nitrogen and oxygen atoms in total. The van der Waals surface area contributed by atoms with Gasteiger partial charge in [0, 0.05) is 0 Å². The van der Waals surface area contributed by atoms with E-state index in [4.69, 9.17) is 10.5 Å². The molecule has 112 valence electrons. The number of primary amides is 1. The molecule has 0 aromatic heterocycles. The zero-order valence-corrected chi connectivity index (χ0v) is 11.7. The number of piperidine rings is 1. The van der Waals surface area contributed by atoms with Crippen molar-refractivity contribution in [2.24, 2.45) is 5.73 Å².